The first-order valence-electron chi connectivity index (χ1n) is 20.6. The second-order valence-electron chi connectivity index (χ2n) is 16.4. The summed E-state index contributed by atoms with van der Waals surface area (Å²) in [7, 11) is 0. The van der Waals surface area contributed by atoms with E-state index in [1.807, 2.05) is 114 Å². The Hall–Kier alpha value is -5.89. The van der Waals surface area contributed by atoms with Crippen LogP contribution in [0, 0.1) is 17.3 Å². The molecule has 0 amide bonds. The monoisotopic (exact) mass is 798 g/mol. The highest BCUT2D eigenvalue weighted by molar-refractivity contribution is 5.82. The molecule has 8 heteroatoms. The van der Waals surface area contributed by atoms with Crippen molar-refractivity contribution in [2.24, 2.45) is 17.3 Å². The molecule has 0 bridgehead atoms. The van der Waals surface area contributed by atoms with E-state index in [0.717, 1.165) is 40.8 Å². The third-order valence-corrected chi connectivity index (χ3v) is 12.1. The molecule has 5 unspecified atom stereocenters. The first-order chi connectivity index (χ1) is 28.1. The quantitative estimate of drug-likeness (QED) is 0.133. The van der Waals surface area contributed by atoms with Crippen LogP contribution in [0.25, 0.3) is 11.1 Å². The SMILES string of the molecule is CC1C(=O)Oc2ccc(O)cc2C1C.CC1C(=O)Oc2ccccc2C1C.CCC(C)(C)C(=O)OC1c2ccccc2-c2ccccc21.CCC(C)c1ccc(O)cc1. The summed E-state index contributed by atoms with van der Waals surface area (Å²) in [5.74, 6) is 2.16. The van der Waals surface area contributed by atoms with Crippen LogP contribution in [0.15, 0.2) is 115 Å². The molecule has 59 heavy (non-hydrogen) atoms. The van der Waals surface area contributed by atoms with Crippen LogP contribution in [-0.2, 0) is 19.1 Å². The minimum absolute atomic E-state index is 0.0325. The number of ether oxygens (including phenoxy) is 3. The van der Waals surface area contributed by atoms with Crippen LogP contribution in [-0.4, -0.2) is 28.1 Å². The molecule has 3 aliphatic rings. The van der Waals surface area contributed by atoms with E-state index in [1.54, 1.807) is 24.3 Å². The number of benzene rings is 5. The third kappa shape index (κ3) is 10.2. The minimum Gasteiger partial charge on any atom is -0.508 e. The summed E-state index contributed by atoms with van der Waals surface area (Å²) in [6.45, 7) is 18.0. The van der Waals surface area contributed by atoms with E-state index in [-0.39, 0.29) is 53.4 Å². The molecule has 0 radical (unpaired) electrons. The lowest BCUT2D eigenvalue weighted by Gasteiger charge is -2.26. The zero-order valence-corrected chi connectivity index (χ0v) is 35.7. The number of hydrogen-bond donors (Lipinski definition) is 2. The van der Waals surface area contributed by atoms with Crippen molar-refractivity contribution in [3.8, 4) is 34.1 Å². The molecular weight excluding hydrogens is 741 g/mol. The van der Waals surface area contributed by atoms with Gasteiger partial charge in [0.25, 0.3) is 0 Å². The summed E-state index contributed by atoms with van der Waals surface area (Å²) >= 11 is 0. The number of carbonyl (C=O) groups excluding carboxylic acids is 3. The highest BCUT2D eigenvalue weighted by Crippen LogP contribution is 2.46. The maximum atomic E-state index is 12.4. The van der Waals surface area contributed by atoms with Crippen LogP contribution in [0.3, 0.4) is 0 Å². The fraction of sp³-hybridized carbons (Fsp3) is 0.353. The molecule has 310 valence electrons. The van der Waals surface area contributed by atoms with Gasteiger partial charge in [0.05, 0.1) is 17.3 Å². The van der Waals surface area contributed by atoms with Crippen molar-refractivity contribution in [3.05, 3.63) is 143 Å². The summed E-state index contributed by atoms with van der Waals surface area (Å²) in [5, 5.41) is 18.3. The van der Waals surface area contributed by atoms with Gasteiger partial charge in [0.2, 0.25) is 0 Å². The molecule has 2 aliphatic heterocycles. The topological polar surface area (TPSA) is 119 Å². The maximum absolute atomic E-state index is 12.4. The van der Waals surface area contributed by atoms with Gasteiger partial charge in [-0.25, -0.2) is 0 Å². The van der Waals surface area contributed by atoms with E-state index in [0.29, 0.717) is 17.4 Å². The van der Waals surface area contributed by atoms with Crippen molar-refractivity contribution in [1.82, 2.24) is 0 Å². The molecule has 2 N–H and O–H groups in total. The van der Waals surface area contributed by atoms with E-state index in [4.69, 9.17) is 19.3 Å². The predicted molar refractivity (Wildman–Crippen MR) is 232 cm³/mol. The number of phenols is 2. The fourth-order valence-electron chi connectivity index (χ4n) is 6.97. The number of aromatic hydroxyl groups is 2. The van der Waals surface area contributed by atoms with Crippen molar-refractivity contribution in [2.75, 3.05) is 0 Å². The van der Waals surface area contributed by atoms with Crippen molar-refractivity contribution in [2.45, 2.75) is 99.0 Å². The number of phenolic OH excluding ortho intramolecular Hbond substituents is 2. The highest BCUT2D eigenvalue weighted by atomic mass is 16.5. The first kappa shape index (κ1) is 44.2. The molecule has 2 heterocycles. The lowest BCUT2D eigenvalue weighted by atomic mass is 9.86. The van der Waals surface area contributed by atoms with Crippen LogP contribution >= 0.6 is 0 Å². The molecule has 0 spiro atoms. The normalized spacial score (nSPS) is 19.1. The molecule has 0 saturated heterocycles. The Morgan fingerprint density at radius 1 is 0.627 bits per heavy atom. The Kier molecular flexibility index (Phi) is 14.4. The van der Waals surface area contributed by atoms with E-state index in [1.165, 1.54) is 22.8 Å². The minimum atomic E-state index is -0.452. The smallest absolute Gasteiger partial charge is 0.314 e. The molecule has 1 aliphatic carbocycles. The summed E-state index contributed by atoms with van der Waals surface area (Å²) in [4.78, 5) is 35.2. The fourth-order valence-corrected chi connectivity index (χ4v) is 6.97. The molecule has 5 atom stereocenters. The van der Waals surface area contributed by atoms with Crippen LogP contribution in [0.4, 0.5) is 0 Å². The Morgan fingerprint density at radius 3 is 1.61 bits per heavy atom. The average molecular weight is 799 g/mol. The summed E-state index contributed by atoms with van der Waals surface area (Å²) in [6, 6.07) is 36.3. The number of para-hydroxylation sites is 1. The predicted octanol–water partition coefficient (Wildman–Crippen LogP) is 12.0. The second-order valence-corrected chi connectivity index (χ2v) is 16.4. The lowest BCUT2D eigenvalue weighted by molar-refractivity contribution is -0.158. The highest BCUT2D eigenvalue weighted by Gasteiger charge is 2.36. The van der Waals surface area contributed by atoms with Crippen LogP contribution in [0.5, 0.6) is 23.0 Å². The molecule has 0 saturated carbocycles. The molecule has 8 rings (SSSR count). The number of fused-ring (bicyclic) bond motifs is 5. The summed E-state index contributed by atoms with van der Waals surface area (Å²) < 4.78 is 16.2. The van der Waals surface area contributed by atoms with Crippen molar-refractivity contribution < 1.29 is 38.8 Å². The van der Waals surface area contributed by atoms with E-state index in [2.05, 4.69) is 32.9 Å². The molecule has 5 aromatic carbocycles. The van der Waals surface area contributed by atoms with Gasteiger partial charge in [0, 0.05) is 16.7 Å². The third-order valence-electron chi connectivity index (χ3n) is 12.1. The molecule has 8 nitrogen and oxygen atoms in total. The Bertz CT molecular complexity index is 2190. The maximum Gasteiger partial charge on any atom is 0.314 e. The zero-order valence-electron chi connectivity index (χ0n) is 35.7. The first-order valence-corrected chi connectivity index (χ1v) is 20.6. The molecular formula is C51H58O8. The van der Waals surface area contributed by atoms with Crippen molar-refractivity contribution in [3.63, 3.8) is 0 Å². The largest absolute Gasteiger partial charge is 0.508 e. The van der Waals surface area contributed by atoms with Gasteiger partial charge in [-0.3, -0.25) is 14.4 Å². The van der Waals surface area contributed by atoms with Gasteiger partial charge in [0.15, 0.2) is 6.10 Å². The van der Waals surface area contributed by atoms with Gasteiger partial charge in [-0.1, -0.05) is 127 Å². The molecule has 0 aromatic heterocycles. The summed E-state index contributed by atoms with van der Waals surface area (Å²) in [5.41, 5.74) is 7.38. The average Bonchev–Trinajstić information content (AvgIpc) is 3.56. The van der Waals surface area contributed by atoms with Gasteiger partial charge in [-0.15, -0.1) is 0 Å². The van der Waals surface area contributed by atoms with E-state index >= 15 is 0 Å². The van der Waals surface area contributed by atoms with Gasteiger partial charge in [-0.2, -0.15) is 0 Å². The Morgan fingerprint density at radius 2 is 1.08 bits per heavy atom. The Balaban J connectivity index is 0.000000155. The van der Waals surface area contributed by atoms with E-state index < -0.39 is 5.41 Å². The number of esters is 3. The number of hydrogen-bond acceptors (Lipinski definition) is 8. The number of carbonyl (C=O) groups is 3. The van der Waals surface area contributed by atoms with Crippen molar-refractivity contribution in [1.29, 1.82) is 0 Å². The number of rotatable bonds is 5. The molecule has 0 fully saturated rings. The van der Waals surface area contributed by atoms with Crippen LogP contribution < -0.4 is 9.47 Å². The van der Waals surface area contributed by atoms with E-state index in [9.17, 15) is 19.5 Å². The standard InChI is InChI=1S/C19H20O2.C11H12O3.C11H12O2.C10H14O/c1-4-19(2,3)18(20)21-17-15-11-7-5-9-13(15)14-10-6-8-12-16(14)17;1-6-7(2)11(13)14-10-4-3-8(12)5-9(6)10;1-7-8(2)11(12)13-10-6-4-3-5-9(7)10;1-3-8(2)9-4-6-10(11)7-5-9/h5-12,17H,4H2,1-3H3;3-7,12H,1-2H3;3-8H,1-2H3;4-8,11H,3H2,1-2H3. The van der Waals surface area contributed by atoms with Crippen LogP contribution in [0.1, 0.15) is 127 Å². The zero-order chi connectivity index (χ0) is 43.0. The van der Waals surface area contributed by atoms with Crippen molar-refractivity contribution >= 4 is 17.9 Å². The second kappa shape index (κ2) is 19.2. The van der Waals surface area contributed by atoms with Gasteiger partial charge in [-0.05, 0) is 103 Å². The van der Waals surface area contributed by atoms with Gasteiger partial charge >= 0.3 is 17.9 Å². The van der Waals surface area contributed by atoms with Crippen LogP contribution in [0.2, 0.25) is 0 Å². The van der Waals surface area contributed by atoms with Gasteiger partial charge in [0.1, 0.15) is 23.0 Å². The lowest BCUT2D eigenvalue weighted by Crippen LogP contribution is -2.28. The Labute approximate surface area is 349 Å². The summed E-state index contributed by atoms with van der Waals surface area (Å²) in [6.07, 6.45) is 1.63. The molecule has 5 aromatic rings. The van der Waals surface area contributed by atoms with Gasteiger partial charge < -0.3 is 24.4 Å².